The standard InChI is InChI=1S/C22H24N4O3/c1-15-13-16(25-11-9-24(2)10-12-25)7-8-19(15)23-20(27)14-26-21(28)17-5-3-4-6-18(17)22(26)29/h3-8,13H,9-12,14H2,1-2H3,(H,23,27). The van der Waals surface area contributed by atoms with Gasteiger partial charge in [0.15, 0.2) is 0 Å². The number of piperazine rings is 1. The average Bonchev–Trinajstić information content (AvgIpc) is 2.95. The van der Waals surface area contributed by atoms with Gasteiger partial charge in [0.1, 0.15) is 6.54 Å². The summed E-state index contributed by atoms with van der Waals surface area (Å²) in [6.45, 7) is 5.64. The zero-order valence-corrected chi connectivity index (χ0v) is 16.6. The maximum atomic E-state index is 12.5. The second-order valence-corrected chi connectivity index (χ2v) is 7.58. The molecule has 7 nitrogen and oxygen atoms in total. The van der Waals surface area contributed by atoms with Crippen LogP contribution in [-0.2, 0) is 4.79 Å². The molecule has 1 N–H and O–H groups in total. The van der Waals surface area contributed by atoms with Crippen molar-refractivity contribution in [3.63, 3.8) is 0 Å². The number of aryl methyl sites for hydroxylation is 1. The Kier molecular flexibility index (Phi) is 5.07. The van der Waals surface area contributed by atoms with Crippen molar-refractivity contribution in [2.24, 2.45) is 0 Å². The van der Waals surface area contributed by atoms with Crippen LogP contribution >= 0.6 is 0 Å². The molecule has 2 aliphatic heterocycles. The molecule has 0 atom stereocenters. The predicted octanol–water partition coefficient (Wildman–Crippen LogP) is 1.98. The summed E-state index contributed by atoms with van der Waals surface area (Å²) in [6, 6.07) is 12.6. The first-order valence-electron chi connectivity index (χ1n) is 9.73. The van der Waals surface area contributed by atoms with Gasteiger partial charge < -0.3 is 15.1 Å². The minimum Gasteiger partial charge on any atom is -0.369 e. The number of hydrogen-bond donors (Lipinski definition) is 1. The molecule has 150 valence electrons. The number of carbonyl (C=O) groups excluding carboxylic acids is 3. The van der Waals surface area contributed by atoms with Crippen molar-refractivity contribution in [3.05, 3.63) is 59.2 Å². The number of hydrogen-bond acceptors (Lipinski definition) is 5. The SMILES string of the molecule is Cc1cc(N2CCN(C)CC2)ccc1NC(=O)CN1C(=O)c2ccccc2C1=O. The van der Waals surface area contributed by atoms with Gasteiger partial charge in [0.05, 0.1) is 11.1 Å². The minimum absolute atomic E-state index is 0.300. The third-order valence-corrected chi connectivity index (χ3v) is 5.53. The fourth-order valence-corrected chi connectivity index (χ4v) is 3.77. The third kappa shape index (κ3) is 3.73. The molecule has 1 fully saturated rings. The van der Waals surface area contributed by atoms with E-state index < -0.39 is 17.7 Å². The van der Waals surface area contributed by atoms with E-state index in [1.807, 2.05) is 19.1 Å². The highest BCUT2D eigenvalue weighted by atomic mass is 16.2. The highest BCUT2D eigenvalue weighted by molar-refractivity contribution is 6.22. The van der Waals surface area contributed by atoms with Crippen LogP contribution in [0.2, 0.25) is 0 Å². The van der Waals surface area contributed by atoms with Crippen LogP contribution in [0.25, 0.3) is 0 Å². The Morgan fingerprint density at radius 1 is 0.966 bits per heavy atom. The lowest BCUT2D eigenvalue weighted by Crippen LogP contribution is -2.44. The molecule has 4 rings (SSSR count). The molecular formula is C22H24N4O3. The summed E-state index contributed by atoms with van der Waals surface area (Å²) in [5.74, 6) is -1.25. The van der Waals surface area contributed by atoms with Crippen LogP contribution in [0, 0.1) is 6.92 Å². The summed E-state index contributed by atoms with van der Waals surface area (Å²) in [4.78, 5) is 43.0. The van der Waals surface area contributed by atoms with Crippen molar-refractivity contribution in [1.29, 1.82) is 0 Å². The van der Waals surface area contributed by atoms with E-state index in [0.717, 1.165) is 42.3 Å². The van der Waals surface area contributed by atoms with E-state index in [1.54, 1.807) is 24.3 Å². The van der Waals surface area contributed by atoms with Gasteiger partial charge in [-0.3, -0.25) is 19.3 Å². The quantitative estimate of drug-likeness (QED) is 0.806. The number of benzene rings is 2. The first kappa shape index (κ1) is 19.1. The van der Waals surface area contributed by atoms with Crippen molar-refractivity contribution in [2.45, 2.75) is 6.92 Å². The number of fused-ring (bicyclic) bond motifs is 1. The molecule has 7 heteroatoms. The van der Waals surface area contributed by atoms with Gasteiger partial charge in [-0.25, -0.2) is 0 Å². The molecule has 2 aromatic rings. The fraction of sp³-hybridized carbons (Fsp3) is 0.318. The second-order valence-electron chi connectivity index (χ2n) is 7.58. The Hall–Kier alpha value is -3.19. The topological polar surface area (TPSA) is 73.0 Å². The fourth-order valence-electron chi connectivity index (χ4n) is 3.77. The third-order valence-electron chi connectivity index (χ3n) is 5.53. The maximum absolute atomic E-state index is 12.5. The molecule has 1 saturated heterocycles. The van der Waals surface area contributed by atoms with Gasteiger partial charge >= 0.3 is 0 Å². The van der Waals surface area contributed by atoms with E-state index in [1.165, 1.54) is 0 Å². The Labute approximate surface area is 169 Å². The van der Waals surface area contributed by atoms with E-state index >= 15 is 0 Å². The number of nitrogens with zero attached hydrogens (tertiary/aromatic N) is 3. The van der Waals surface area contributed by atoms with E-state index in [-0.39, 0.29) is 6.54 Å². The smallest absolute Gasteiger partial charge is 0.262 e. The summed E-state index contributed by atoms with van der Waals surface area (Å²) in [6.07, 6.45) is 0. The first-order valence-corrected chi connectivity index (χ1v) is 9.73. The average molecular weight is 392 g/mol. The van der Waals surface area contributed by atoms with Crippen molar-refractivity contribution < 1.29 is 14.4 Å². The molecule has 0 unspecified atom stereocenters. The normalized spacial score (nSPS) is 16.9. The number of amides is 3. The lowest BCUT2D eigenvalue weighted by molar-refractivity contribution is -0.116. The molecule has 3 amide bonds. The summed E-state index contributed by atoms with van der Waals surface area (Å²) in [7, 11) is 2.12. The first-order chi connectivity index (χ1) is 13.9. The molecule has 2 aromatic carbocycles. The lowest BCUT2D eigenvalue weighted by atomic mass is 10.1. The van der Waals surface area contributed by atoms with Gasteiger partial charge in [-0.05, 0) is 49.9 Å². The molecule has 0 aromatic heterocycles. The van der Waals surface area contributed by atoms with Crippen molar-refractivity contribution >= 4 is 29.1 Å². The summed E-state index contributed by atoms with van der Waals surface area (Å²) in [5.41, 5.74) is 3.45. The number of imide groups is 1. The Morgan fingerprint density at radius 2 is 1.59 bits per heavy atom. The van der Waals surface area contributed by atoms with Gasteiger partial charge in [-0.15, -0.1) is 0 Å². The monoisotopic (exact) mass is 392 g/mol. The zero-order valence-electron chi connectivity index (χ0n) is 16.6. The van der Waals surface area contributed by atoms with E-state index in [4.69, 9.17) is 0 Å². The minimum atomic E-state index is -0.428. The summed E-state index contributed by atoms with van der Waals surface area (Å²) >= 11 is 0. The molecule has 0 saturated carbocycles. The van der Waals surface area contributed by atoms with Gasteiger partial charge in [0.25, 0.3) is 11.8 Å². The Morgan fingerprint density at radius 3 is 2.17 bits per heavy atom. The molecule has 0 radical (unpaired) electrons. The summed E-state index contributed by atoms with van der Waals surface area (Å²) < 4.78 is 0. The Bertz CT molecular complexity index is 945. The van der Waals surface area contributed by atoms with Crippen LogP contribution in [0.5, 0.6) is 0 Å². The molecule has 0 aliphatic carbocycles. The molecule has 0 bridgehead atoms. The van der Waals surface area contributed by atoms with Crippen LogP contribution in [-0.4, -0.2) is 67.3 Å². The number of nitrogens with one attached hydrogen (secondary N) is 1. The highest BCUT2D eigenvalue weighted by Crippen LogP contribution is 2.25. The molecule has 2 aliphatic rings. The Balaban J connectivity index is 1.41. The number of anilines is 2. The van der Waals surface area contributed by atoms with Crippen LogP contribution in [0.4, 0.5) is 11.4 Å². The summed E-state index contributed by atoms with van der Waals surface area (Å²) in [5, 5.41) is 2.83. The number of rotatable bonds is 4. The second kappa shape index (κ2) is 7.67. The number of likely N-dealkylation sites (N-methyl/N-ethyl adjacent to an activating group) is 1. The van der Waals surface area contributed by atoms with Gasteiger partial charge in [-0.1, -0.05) is 12.1 Å². The van der Waals surface area contributed by atoms with E-state index in [2.05, 4.69) is 28.2 Å². The highest BCUT2D eigenvalue weighted by Gasteiger charge is 2.36. The molecular weight excluding hydrogens is 368 g/mol. The van der Waals surface area contributed by atoms with Crippen molar-refractivity contribution in [2.75, 3.05) is 50.0 Å². The predicted molar refractivity (Wildman–Crippen MR) is 111 cm³/mol. The van der Waals surface area contributed by atoms with Crippen LogP contribution in [0.3, 0.4) is 0 Å². The van der Waals surface area contributed by atoms with Gasteiger partial charge in [0.2, 0.25) is 5.91 Å². The van der Waals surface area contributed by atoms with Gasteiger partial charge in [-0.2, -0.15) is 0 Å². The van der Waals surface area contributed by atoms with E-state index in [0.29, 0.717) is 16.8 Å². The maximum Gasteiger partial charge on any atom is 0.262 e. The van der Waals surface area contributed by atoms with E-state index in [9.17, 15) is 14.4 Å². The van der Waals surface area contributed by atoms with Crippen molar-refractivity contribution in [1.82, 2.24) is 9.80 Å². The van der Waals surface area contributed by atoms with Crippen LogP contribution in [0.15, 0.2) is 42.5 Å². The van der Waals surface area contributed by atoms with Crippen LogP contribution in [0.1, 0.15) is 26.3 Å². The molecule has 29 heavy (non-hydrogen) atoms. The molecule has 0 spiro atoms. The van der Waals surface area contributed by atoms with Gasteiger partial charge in [0, 0.05) is 37.6 Å². The van der Waals surface area contributed by atoms with Crippen molar-refractivity contribution in [3.8, 4) is 0 Å². The zero-order chi connectivity index (χ0) is 20.5. The largest absolute Gasteiger partial charge is 0.369 e. The number of carbonyl (C=O) groups is 3. The lowest BCUT2D eigenvalue weighted by Gasteiger charge is -2.34. The molecule has 2 heterocycles. The van der Waals surface area contributed by atoms with Crippen LogP contribution < -0.4 is 10.2 Å².